The predicted octanol–water partition coefficient (Wildman–Crippen LogP) is 7.26. The lowest BCUT2D eigenvalue weighted by atomic mass is 9.95. The van der Waals surface area contributed by atoms with Gasteiger partial charge in [-0.15, -0.1) is 11.3 Å². The summed E-state index contributed by atoms with van der Waals surface area (Å²) in [6.45, 7) is -0.0106. The van der Waals surface area contributed by atoms with E-state index in [1.807, 2.05) is 11.0 Å². The van der Waals surface area contributed by atoms with E-state index >= 15 is 4.39 Å². The molecule has 0 bridgehead atoms. The van der Waals surface area contributed by atoms with Gasteiger partial charge in [0.2, 0.25) is 0 Å². The fourth-order valence-corrected chi connectivity index (χ4v) is 9.37. The highest BCUT2D eigenvalue weighted by Crippen LogP contribution is 2.53. The van der Waals surface area contributed by atoms with E-state index in [0.717, 1.165) is 17.8 Å². The van der Waals surface area contributed by atoms with Crippen molar-refractivity contribution in [1.82, 2.24) is 14.9 Å². The van der Waals surface area contributed by atoms with Crippen LogP contribution >= 0.6 is 22.9 Å². The normalized spacial score (nSPS) is 26.4. The number of benzene rings is 2. The molecule has 0 N–H and O–H groups in total. The number of alkyl halides is 3. The molecule has 48 heavy (non-hydrogen) atoms. The minimum absolute atomic E-state index is 0.00398. The molecule has 0 spiro atoms. The number of hydrogen-bond acceptors (Lipinski definition) is 9. The Kier molecular flexibility index (Phi) is 7.55. The van der Waals surface area contributed by atoms with Crippen LogP contribution in [-0.2, 0) is 0 Å². The molecule has 4 aromatic rings. The highest BCUT2D eigenvalue weighted by molar-refractivity contribution is 7.22. The molecule has 248 valence electrons. The van der Waals surface area contributed by atoms with E-state index in [1.54, 1.807) is 6.07 Å². The predicted molar refractivity (Wildman–Crippen MR) is 168 cm³/mol. The summed E-state index contributed by atoms with van der Waals surface area (Å²) < 4.78 is 87.3. The van der Waals surface area contributed by atoms with Crippen LogP contribution < -0.4 is 14.4 Å². The molecule has 2 aromatic heterocycles. The quantitative estimate of drug-likeness (QED) is 0.186. The Morgan fingerprint density at radius 1 is 1.23 bits per heavy atom. The second-order valence-corrected chi connectivity index (χ2v) is 14.2. The number of ether oxygens (including phenoxy) is 2. The average Bonchev–Trinajstić information content (AvgIpc) is 3.50. The van der Waals surface area contributed by atoms with Crippen molar-refractivity contribution in [2.24, 2.45) is 11.8 Å². The summed E-state index contributed by atoms with van der Waals surface area (Å²) in [5.41, 5.74) is -1.22. The maximum Gasteiger partial charge on any atom is 0.319 e. The van der Waals surface area contributed by atoms with E-state index in [1.165, 1.54) is 17.0 Å². The molecule has 2 saturated heterocycles. The van der Waals surface area contributed by atoms with Crippen molar-refractivity contribution in [3.8, 4) is 34.3 Å². The molecule has 15 heteroatoms. The van der Waals surface area contributed by atoms with Crippen LogP contribution in [0.1, 0.15) is 31.2 Å². The number of anilines is 1. The van der Waals surface area contributed by atoms with Gasteiger partial charge in [0.1, 0.15) is 42.6 Å². The van der Waals surface area contributed by atoms with E-state index in [-0.39, 0.29) is 91.7 Å². The molecule has 4 aliphatic rings. The zero-order valence-electron chi connectivity index (χ0n) is 25.2. The maximum atomic E-state index is 17.0. The first-order valence-electron chi connectivity index (χ1n) is 15.6. The van der Waals surface area contributed by atoms with Gasteiger partial charge in [0.15, 0.2) is 11.6 Å². The standard InChI is InChI=1S/C33H26ClF5N6O2S/c34-25-23(30-19(10-41)17-3-1-4-20(36)29(17)48-30)26(39)27-24-28(25)46-13-21(18-7-15(18)9-40)45(12-22(37)38)31(24)43-32(42-27)47-14-33-5-2-6-44(33)11-16(35)8-33/h1,3-4,15-16,18,21-22H,2,5-8,11-14H2/t15?,16-,18?,21-,33+/m1/s1. The molecular weight excluding hydrogens is 675 g/mol. The third kappa shape index (κ3) is 4.83. The van der Waals surface area contributed by atoms with Crippen molar-refractivity contribution in [2.75, 3.05) is 37.7 Å². The Hall–Kier alpha value is -3.98. The first kappa shape index (κ1) is 31.3. The summed E-state index contributed by atoms with van der Waals surface area (Å²) in [7, 11) is 0. The van der Waals surface area contributed by atoms with Crippen molar-refractivity contribution >= 4 is 49.7 Å². The number of nitrogens with zero attached hydrogens (tertiary/aromatic N) is 6. The number of halogens is 6. The minimum atomic E-state index is -2.83. The summed E-state index contributed by atoms with van der Waals surface area (Å²) in [6.07, 6.45) is -1.65. The largest absolute Gasteiger partial charge is 0.489 e. The average molecular weight is 701 g/mol. The van der Waals surface area contributed by atoms with E-state index in [0.29, 0.717) is 19.4 Å². The van der Waals surface area contributed by atoms with Crippen LogP contribution in [-0.4, -0.2) is 71.9 Å². The Morgan fingerprint density at radius 2 is 2.06 bits per heavy atom. The van der Waals surface area contributed by atoms with Crippen LogP contribution in [0, 0.1) is 46.1 Å². The fourth-order valence-electron chi connectivity index (χ4n) is 7.79. The zero-order chi connectivity index (χ0) is 33.5. The smallest absolute Gasteiger partial charge is 0.319 e. The van der Waals surface area contributed by atoms with Crippen LogP contribution in [0.5, 0.6) is 11.8 Å². The van der Waals surface area contributed by atoms with Gasteiger partial charge in [-0.2, -0.15) is 20.5 Å². The second-order valence-electron chi connectivity index (χ2n) is 12.8. The summed E-state index contributed by atoms with van der Waals surface area (Å²) in [5.74, 6) is -2.51. The van der Waals surface area contributed by atoms with Crippen LogP contribution in [0.4, 0.5) is 27.8 Å². The first-order valence-corrected chi connectivity index (χ1v) is 16.8. The second kappa shape index (κ2) is 11.6. The van der Waals surface area contributed by atoms with Gasteiger partial charge >= 0.3 is 6.01 Å². The molecule has 1 aliphatic carbocycles. The van der Waals surface area contributed by atoms with Crippen LogP contribution in [0.3, 0.4) is 0 Å². The minimum Gasteiger partial charge on any atom is -0.489 e. The van der Waals surface area contributed by atoms with Gasteiger partial charge < -0.3 is 14.4 Å². The lowest BCUT2D eigenvalue weighted by Gasteiger charge is -2.32. The third-order valence-electron chi connectivity index (χ3n) is 10.1. The van der Waals surface area contributed by atoms with Gasteiger partial charge in [0, 0.05) is 18.4 Å². The Labute approximate surface area is 280 Å². The Morgan fingerprint density at radius 3 is 2.81 bits per heavy atom. The maximum absolute atomic E-state index is 17.0. The van der Waals surface area contributed by atoms with Gasteiger partial charge in [0.05, 0.1) is 61.2 Å². The molecular formula is C33H26ClF5N6O2S. The number of rotatable bonds is 7. The monoisotopic (exact) mass is 700 g/mol. The molecule has 8 rings (SSSR count). The molecule has 5 atom stereocenters. The molecule has 3 aliphatic heterocycles. The topological polar surface area (TPSA) is 98.3 Å². The summed E-state index contributed by atoms with van der Waals surface area (Å²) in [6, 6.07) is 7.39. The summed E-state index contributed by atoms with van der Waals surface area (Å²) >= 11 is 7.75. The summed E-state index contributed by atoms with van der Waals surface area (Å²) in [5, 5.41) is 19.7. The zero-order valence-corrected chi connectivity index (χ0v) is 26.7. The third-order valence-corrected chi connectivity index (χ3v) is 11.7. The van der Waals surface area contributed by atoms with Crippen molar-refractivity contribution in [3.05, 3.63) is 40.4 Å². The molecule has 0 radical (unpaired) electrons. The van der Waals surface area contributed by atoms with Crippen molar-refractivity contribution in [1.29, 1.82) is 10.5 Å². The van der Waals surface area contributed by atoms with Gasteiger partial charge in [-0.1, -0.05) is 23.7 Å². The molecule has 2 unspecified atom stereocenters. The number of fused-ring (bicyclic) bond motifs is 2. The van der Waals surface area contributed by atoms with Crippen molar-refractivity contribution in [3.63, 3.8) is 0 Å². The van der Waals surface area contributed by atoms with E-state index in [4.69, 9.17) is 21.1 Å². The van der Waals surface area contributed by atoms with Gasteiger partial charge in [-0.05, 0) is 37.8 Å². The lowest BCUT2D eigenvalue weighted by molar-refractivity contribution is 0.107. The van der Waals surface area contributed by atoms with Crippen LogP contribution in [0.15, 0.2) is 18.2 Å². The highest BCUT2D eigenvalue weighted by atomic mass is 35.5. The van der Waals surface area contributed by atoms with Crippen LogP contribution in [0.25, 0.3) is 31.4 Å². The fraction of sp³-hybridized carbons (Fsp3) is 0.455. The highest BCUT2D eigenvalue weighted by Gasteiger charge is 2.51. The number of nitriles is 2. The van der Waals surface area contributed by atoms with Crippen LogP contribution in [0.2, 0.25) is 5.02 Å². The summed E-state index contributed by atoms with van der Waals surface area (Å²) in [4.78, 5) is 12.4. The molecule has 0 amide bonds. The van der Waals surface area contributed by atoms with Gasteiger partial charge in [-0.3, -0.25) is 4.90 Å². The molecule has 8 nitrogen and oxygen atoms in total. The Bertz CT molecular complexity index is 2070. The number of aromatic nitrogens is 2. The van der Waals surface area contributed by atoms with Gasteiger partial charge in [-0.25, -0.2) is 22.0 Å². The molecule has 3 fully saturated rings. The van der Waals surface area contributed by atoms with E-state index in [2.05, 4.69) is 16.0 Å². The lowest BCUT2D eigenvalue weighted by Crippen LogP contribution is -2.44. The van der Waals surface area contributed by atoms with Gasteiger partial charge in [0.25, 0.3) is 6.43 Å². The van der Waals surface area contributed by atoms with Crippen molar-refractivity contribution in [2.45, 2.75) is 49.9 Å². The molecule has 1 saturated carbocycles. The van der Waals surface area contributed by atoms with Crippen molar-refractivity contribution < 1.29 is 31.4 Å². The SMILES string of the molecule is N#Cc1c(-c2c(Cl)c3c4c(nc(OC[C@@]56CCCN5C[C@H](F)C6)nc4c2F)N(CC(F)F)[C@@H](C2CC2C#N)CO3)sc2c(F)cccc12. The molecule has 5 heterocycles. The number of hydrogen-bond donors (Lipinski definition) is 0. The van der Waals surface area contributed by atoms with E-state index in [9.17, 15) is 28.1 Å². The molecule has 2 aromatic carbocycles. The first-order chi connectivity index (χ1) is 23.1. The van der Waals surface area contributed by atoms with E-state index < -0.39 is 48.3 Å². The Balaban J connectivity index is 1.34. The number of thiophene rings is 1.